The fraction of sp³-hybridized carbons (Fsp3) is 0.0714. The topological polar surface area (TPSA) is 26.3 Å². The van der Waals surface area contributed by atoms with Crippen LogP contribution in [0.25, 0.3) is 11.1 Å². The molecule has 0 unspecified atom stereocenters. The number of halogens is 3. The van der Waals surface area contributed by atoms with Crippen LogP contribution in [0, 0.1) is 5.82 Å². The van der Waals surface area contributed by atoms with Crippen molar-refractivity contribution in [3.63, 3.8) is 0 Å². The minimum atomic E-state index is -0.634. The number of ether oxygens (including phenoxy) is 1. The quantitative estimate of drug-likeness (QED) is 0.758. The first kappa shape index (κ1) is 13.8. The van der Waals surface area contributed by atoms with E-state index in [0.717, 1.165) is 0 Å². The molecular formula is C14H9Cl2FO2. The van der Waals surface area contributed by atoms with Crippen LogP contribution in [0.1, 0.15) is 10.4 Å². The van der Waals surface area contributed by atoms with Gasteiger partial charge in [-0.15, -0.1) is 0 Å². The van der Waals surface area contributed by atoms with Crippen molar-refractivity contribution in [2.45, 2.75) is 0 Å². The monoisotopic (exact) mass is 298 g/mol. The fourth-order valence-corrected chi connectivity index (χ4v) is 2.15. The Hall–Kier alpha value is -1.58. The number of benzene rings is 2. The number of rotatable bonds is 2. The van der Waals surface area contributed by atoms with Crippen molar-refractivity contribution in [2.75, 3.05) is 7.11 Å². The second-order valence-electron chi connectivity index (χ2n) is 3.78. The molecule has 2 aromatic rings. The van der Waals surface area contributed by atoms with E-state index in [9.17, 15) is 9.18 Å². The SMILES string of the molecule is COC(=O)c1cccc(F)c1-c1cc(Cl)ccc1Cl. The number of methoxy groups -OCH3 is 1. The second-order valence-corrected chi connectivity index (χ2v) is 4.62. The summed E-state index contributed by atoms with van der Waals surface area (Å²) < 4.78 is 18.7. The molecule has 0 spiro atoms. The molecule has 0 radical (unpaired) electrons. The Morgan fingerprint density at radius 1 is 1.21 bits per heavy atom. The van der Waals surface area contributed by atoms with Gasteiger partial charge in [-0.2, -0.15) is 0 Å². The van der Waals surface area contributed by atoms with Crippen LogP contribution < -0.4 is 0 Å². The van der Waals surface area contributed by atoms with E-state index < -0.39 is 11.8 Å². The van der Waals surface area contributed by atoms with Crippen LogP contribution in [0.2, 0.25) is 10.0 Å². The van der Waals surface area contributed by atoms with E-state index in [4.69, 9.17) is 23.2 Å². The molecule has 0 aromatic heterocycles. The molecule has 0 fully saturated rings. The fourth-order valence-electron chi connectivity index (χ4n) is 1.77. The highest BCUT2D eigenvalue weighted by atomic mass is 35.5. The number of hydrogen-bond donors (Lipinski definition) is 0. The predicted molar refractivity (Wildman–Crippen MR) is 73.2 cm³/mol. The van der Waals surface area contributed by atoms with Crippen LogP contribution in [0.4, 0.5) is 4.39 Å². The van der Waals surface area contributed by atoms with Crippen molar-refractivity contribution in [3.8, 4) is 11.1 Å². The third kappa shape index (κ3) is 2.72. The third-order valence-corrected chi connectivity index (χ3v) is 3.18. The Morgan fingerprint density at radius 2 is 1.95 bits per heavy atom. The highest BCUT2D eigenvalue weighted by molar-refractivity contribution is 6.35. The van der Waals surface area contributed by atoms with Crippen LogP contribution in [0.3, 0.4) is 0 Å². The summed E-state index contributed by atoms with van der Waals surface area (Å²) in [6.07, 6.45) is 0. The van der Waals surface area contributed by atoms with Gasteiger partial charge < -0.3 is 4.74 Å². The summed E-state index contributed by atoms with van der Waals surface area (Å²) in [5.74, 6) is -1.20. The van der Waals surface area contributed by atoms with Crippen molar-refractivity contribution in [1.29, 1.82) is 0 Å². The van der Waals surface area contributed by atoms with E-state index in [-0.39, 0.29) is 11.1 Å². The summed E-state index contributed by atoms with van der Waals surface area (Å²) in [7, 11) is 1.23. The van der Waals surface area contributed by atoms with Crippen molar-refractivity contribution < 1.29 is 13.9 Å². The van der Waals surface area contributed by atoms with Crippen molar-refractivity contribution in [3.05, 3.63) is 57.8 Å². The van der Waals surface area contributed by atoms with Gasteiger partial charge in [-0.1, -0.05) is 29.3 Å². The van der Waals surface area contributed by atoms with E-state index in [1.807, 2.05) is 0 Å². The van der Waals surface area contributed by atoms with Crippen molar-refractivity contribution >= 4 is 29.2 Å². The van der Waals surface area contributed by atoms with Crippen molar-refractivity contribution in [1.82, 2.24) is 0 Å². The Labute approximate surface area is 119 Å². The molecule has 2 nitrogen and oxygen atoms in total. The summed E-state index contributed by atoms with van der Waals surface area (Å²) in [6, 6.07) is 8.80. The van der Waals surface area contributed by atoms with Gasteiger partial charge in [0.25, 0.3) is 0 Å². The van der Waals surface area contributed by atoms with Crippen LogP contribution in [0.5, 0.6) is 0 Å². The van der Waals surface area contributed by atoms with Crippen LogP contribution in [-0.2, 0) is 4.74 Å². The van der Waals surface area contributed by atoms with E-state index in [1.165, 1.54) is 31.4 Å². The smallest absolute Gasteiger partial charge is 0.338 e. The molecule has 0 aliphatic rings. The lowest BCUT2D eigenvalue weighted by Gasteiger charge is -2.11. The van der Waals surface area contributed by atoms with Gasteiger partial charge in [-0.25, -0.2) is 9.18 Å². The standard InChI is InChI=1S/C14H9Cl2FO2/c1-19-14(18)9-3-2-4-12(17)13(9)10-7-8(15)5-6-11(10)16/h2-7H,1H3. The highest BCUT2D eigenvalue weighted by Crippen LogP contribution is 2.34. The molecule has 0 bridgehead atoms. The molecule has 0 N–H and O–H groups in total. The van der Waals surface area contributed by atoms with E-state index in [0.29, 0.717) is 15.6 Å². The minimum Gasteiger partial charge on any atom is -0.465 e. The van der Waals surface area contributed by atoms with E-state index >= 15 is 0 Å². The van der Waals surface area contributed by atoms with E-state index in [2.05, 4.69) is 4.74 Å². The first-order chi connectivity index (χ1) is 9.04. The Bertz CT molecular complexity index is 641. The first-order valence-corrected chi connectivity index (χ1v) is 6.12. The zero-order valence-corrected chi connectivity index (χ0v) is 11.4. The minimum absolute atomic E-state index is 0.0850. The van der Waals surface area contributed by atoms with Gasteiger partial charge in [0, 0.05) is 21.2 Å². The first-order valence-electron chi connectivity index (χ1n) is 5.37. The highest BCUT2D eigenvalue weighted by Gasteiger charge is 2.19. The summed E-state index contributed by atoms with van der Waals surface area (Å²) in [4.78, 5) is 11.7. The molecule has 2 rings (SSSR count). The summed E-state index contributed by atoms with van der Waals surface area (Å²) in [6.45, 7) is 0. The lowest BCUT2D eigenvalue weighted by molar-refractivity contribution is 0.0601. The largest absolute Gasteiger partial charge is 0.465 e. The molecule has 2 aromatic carbocycles. The summed E-state index contributed by atoms with van der Waals surface area (Å²) >= 11 is 11.9. The summed E-state index contributed by atoms with van der Waals surface area (Å²) in [5.41, 5.74) is 0.543. The number of hydrogen-bond acceptors (Lipinski definition) is 2. The van der Waals surface area contributed by atoms with Gasteiger partial charge in [-0.3, -0.25) is 0 Å². The molecule has 0 amide bonds. The molecule has 5 heteroatoms. The molecule has 19 heavy (non-hydrogen) atoms. The molecule has 0 aliphatic heterocycles. The molecule has 0 aliphatic carbocycles. The van der Waals surface area contributed by atoms with Gasteiger partial charge in [0.05, 0.1) is 12.7 Å². The maximum absolute atomic E-state index is 14.0. The molecule has 0 heterocycles. The summed E-state index contributed by atoms with van der Waals surface area (Å²) in [5, 5.41) is 0.707. The predicted octanol–water partition coefficient (Wildman–Crippen LogP) is 4.59. The number of esters is 1. The number of carbonyl (C=O) groups excluding carboxylic acids is 1. The van der Waals surface area contributed by atoms with Crippen LogP contribution in [-0.4, -0.2) is 13.1 Å². The lowest BCUT2D eigenvalue weighted by atomic mass is 9.99. The normalized spacial score (nSPS) is 10.3. The Kier molecular flexibility index (Phi) is 4.08. The van der Waals surface area contributed by atoms with Gasteiger partial charge in [-0.05, 0) is 30.3 Å². The lowest BCUT2D eigenvalue weighted by Crippen LogP contribution is -2.05. The van der Waals surface area contributed by atoms with Gasteiger partial charge >= 0.3 is 5.97 Å². The van der Waals surface area contributed by atoms with Crippen LogP contribution >= 0.6 is 23.2 Å². The molecular weight excluding hydrogens is 290 g/mol. The maximum Gasteiger partial charge on any atom is 0.338 e. The molecule has 0 atom stereocenters. The molecule has 98 valence electrons. The van der Waals surface area contributed by atoms with Gasteiger partial charge in [0.2, 0.25) is 0 Å². The molecule has 0 saturated carbocycles. The average Bonchev–Trinajstić information content (AvgIpc) is 2.40. The molecule has 0 saturated heterocycles. The van der Waals surface area contributed by atoms with Crippen molar-refractivity contribution in [2.24, 2.45) is 0 Å². The van der Waals surface area contributed by atoms with Crippen LogP contribution in [0.15, 0.2) is 36.4 Å². The third-order valence-electron chi connectivity index (χ3n) is 2.62. The Morgan fingerprint density at radius 3 is 2.63 bits per heavy atom. The zero-order chi connectivity index (χ0) is 14.0. The van der Waals surface area contributed by atoms with E-state index in [1.54, 1.807) is 12.1 Å². The van der Waals surface area contributed by atoms with Gasteiger partial charge in [0.1, 0.15) is 5.82 Å². The average molecular weight is 299 g/mol. The number of carbonyl (C=O) groups is 1. The van der Waals surface area contributed by atoms with Gasteiger partial charge in [0.15, 0.2) is 0 Å². The maximum atomic E-state index is 14.0. The zero-order valence-electron chi connectivity index (χ0n) is 9.91. The Balaban J connectivity index is 2.74. The second kappa shape index (κ2) is 5.59.